The average molecular weight is 434 g/mol. The van der Waals surface area contributed by atoms with Crippen molar-refractivity contribution in [2.45, 2.75) is 19.2 Å². The van der Waals surface area contributed by atoms with E-state index in [1.807, 2.05) is 0 Å². The largest absolute Gasteiger partial charge is 0.346 e. The van der Waals surface area contributed by atoms with Crippen LogP contribution < -0.4 is 10.0 Å². The molecule has 29 heavy (non-hydrogen) atoms. The van der Waals surface area contributed by atoms with Gasteiger partial charge in [-0.1, -0.05) is 41.9 Å². The predicted octanol–water partition coefficient (Wildman–Crippen LogP) is 2.21. The molecule has 2 N–H and O–H groups in total. The molecule has 152 valence electrons. The molecule has 1 aromatic heterocycles. The fourth-order valence-electron chi connectivity index (χ4n) is 2.71. The van der Waals surface area contributed by atoms with Gasteiger partial charge < -0.3 is 5.32 Å². The summed E-state index contributed by atoms with van der Waals surface area (Å²) in [6.07, 6.45) is 0. The van der Waals surface area contributed by atoms with Crippen molar-refractivity contribution in [2.75, 3.05) is 7.05 Å². The van der Waals surface area contributed by atoms with E-state index in [-0.39, 0.29) is 18.0 Å². The number of nitrogens with one attached hydrogen (secondary N) is 2. The van der Waals surface area contributed by atoms with Crippen LogP contribution in [0.15, 0.2) is 48.5 Å². The minimum atomic E-state index is -3.42. The zero-order valence-corrected chi connectivity index (χ0v) is 17.5. The Labute approximate surface area is 173 Å². The number of carbonyl (C=O) groups excluding carboxylic acids is 1. The first-order valence-corrected chi connectivity index (χ1v) is 10.8. The third kappa shape index (κ3) is 5.20. The van der Waals surface area contributed by atoms with Crippen LogP contribution in [0.1, 0.15) is 27.3 Å². The van der Waals surface area contributed by atoms with Crippen molar-refractivity contribution in [3.05, 3.63) is 76.1 Å². The lowest BCUT2D eigenvalue weighted by atomic mass is 10.1. The Hall–Kier alpha value is -2.75. The lowest BCUT2D eigenvalue weighted by Crippen LogP contribution is -2.26. The van der Waals surface area contributed by atoms with Gasteiger partial charge in [0.15, 0.2) is 5.69 Å². The zero-order valence-electron chi connectivity index (χ0n) is 15.9. The van der Waals surface area contributed by atoms with Crippen LogP contribution in [-0.2, 0) is 22.3 Å². The van der Waals surface area contributed by atoms with Crippen molar-refractivity contribution in [1.82, 2.24) is 25.0 Å². The molecule has 0 radical (unpaired) electrons. The zero-order chi connectivity index (χ0) is 21.0. The molecule has 0 unspecified atom stereocenters. The Bertz CT molecular complexity index is 1140. The number of aryl methyl sites for hydroxylation is 1. The number of hydrogen-bond donors (Lipinski definition) is 2. The lowest BCUT2D eigenvalue weighted by molar-refractivity contribution is 0.0945. The summed E-state index contributed by atoms with van der Waals surface area (Å²) < 4.78 is 26.0. The molecule has 1 heterocycles. The molecule has 10 heteroatoms. The van der Waals surface area contributed by atoms with Gasteiger partial charge >= 0.3 is 0 Å². The van der Waals surface area contributed by atoms with Gasteiger partial charge in [-0.15, -0.1) is 5.10 Å². The Morgan fingerprint density at radius 1 is 1.10 bits per heavy atom. The second kappa shape index (κ2) is 8.73. The van der Waals surface area contributed by atoms with E-state index in [1.165, 1.54) is 11.8 Å². The van der Waals surface area contributed by atoms with Crippen LogP contribution in [0.25, 0.3) is 5.69 Å². The Morgan fingerprint density at radius 3 is 2.52 bits per heavy atom. The molecule has 8 nitrogen and oxygen atoms in total. The number of halogens is 1. The van der Waals surface area contributed by atoms with Crippen LogP contribution in [0.4, 0.5) is 0 Å². The van der Waals surface area contributed by atoms with Gasteiger partial charge in [0, 0.05) is 11.6 Å². The molecule has 0 saturated heterocycles. The van der Waals surface area contributed by atoms with E-state index in [2.05, 4.69) is 20.2 Å². The van der Waals surface area contributed by atoms with Gasteiger partial charge in [0.2, 0.25) is 10.0 Å². The third-order valence-corrected chi connectivity index (χ3v) is 5.80. The number of aromatic nitrogens is 3. The molecule has 0 fully saturated rings. The van der Waals surface area contributed by atoms with Crippen LogP contribution >= 0.6 is 11.6 Å². The number of carbonyl (C=O) groups is 1. The maximum atomic E-state index is 12.6. The standard InChI is InChI=1S/C19H20ClN5O3S/c1-13-18(24-25(23-13)17-9-5-8-16(20)10-17)19(26)22-11-14-6-3-4-7-15(14)12-29(27,28)21-2/h3-10,21H,11-12H2,1-2H3,(H,22,26). The monoisotopic (exact) mass is 433 g/mol. The highest BCUT2D eigenvalue weighted by atomic mass is 35.5. The van der Waals surface area contributed by atoms with E-state index in [0.29, 0.717) is 27.5 Å². The average Bonchev–Trinajstić information content (AvgIpc) is 3.09. The topological polar surface area (TPSA) is 106 Å². The van der Waals surface area contributed by atoms with Crippen molar-refractivity contribution < 1.29 is 13.2 Å². The fraction of sp³-hybridized carbons (Fsp3) is 0.211. The number of amides is 1. The second-order valence-corrected chi connectivity index (χ2v) is 8.68. The van der Waals surface area contributed by atoms with E-state index >= 15 is 0 Å². The molecule has 0 atom stereocenters. The van der Waals surface area contributed by atoms with Crippen molar-refractivity contribution in [3.8, 4) is 5.69 Å². The first-order valence-electron chi connectivity index (χ1n) is 8.75. The highest BCUT2D eigenvalue weighted by Crippen LogP contribution is 2.15. The summed E-state index contributed by atoms with van der Waals surface area (Å²) in [6.45, 7) is 1.86. The van der Waals surface area contributed by atoms with E-state index in [4.69, 9.17) is 11.6 Å². The normalized spacial score (nSPS) is 11.4. The quantitative estimate of drug-likeness (QED) is 0.594. The number of sulfonamides is 1. The summed E-state index contributed by atoms with van der Waals surface area (Å²) in [4.78, 5) is 14.0. The molecule has 0 spiro atoms. The number of benzene rings is 2. The number of rotatable bonds is 7. The number of hydrogen-bond acceptors (Lipinski definition) is 5. The first kappa shape index (κ1) is 21.0. The summed E-state index contributed by atoms with van der Waals surface area (Å²) in [5.74, 6) is -0.568. The van der Waals surface area contributed by atoms with Gasteiger partial charge in [-0.25, -0.2) is 13.1 Å². The van der Waals surface area contributed by atoms with E-state index in [0.717, 1.165) is 0 Å². The van der Waals surface area contributed by atoms with Crippen LogP contribution in [0.5, 0.6) is 0 Å². The summed E-state index contributed by atoms with van der Waals surface area (Å²) in [5.41, 5.74) is 2.61. The molecule has 1 amide bonds. The Morgan fingerprint density at radius 2 is 1.83 bits per heavy atom. The molecule has 0 aliphatic rings. The maximum Gasteiger partial charge on any atom is 0.274 e. The molecular formula is C19H20ClN5O3S. The first-order chi connectivity index (χ1) is 13.8. The van der Waals surface area contributed by atoms with E-state index in [9.17, 15) is 13.2 Å². The lowest BCUT2D eigenvalue weighted by Gasteiger charge is -2.10. The Kier molecular flexibility index (Phi) is 6.31. The minimum Gasteiger partial charge on any atom is -0.346 e. The summed E-state index contributed by atoms with van der Waals surface area (Å²) in [6, 6.07) is 14.0. The van der Waals surface area contributed by atoms with Crippen molar-refractivity contribution in [2.24, 2.45) is 0 Å². The Balaban J connectivity index is 1.76. The minimum absolute atomic E-state index is 0.164. The van der Waals surface area contributed by atoms with Crippen molar-refractivity contribution >= 4 is 27.5 Å². The highest BCUT2D eigenvalue weighted by Gasteiger charge is 2.17. The van der Waals surface area contributed by atoms with Crippen LogP contribution in [0.2, 0.25) is 5.02 Å². The fourth-order valence-corrected chi connectivity index (χ4v) is 3.73. The van der Waals surface area contributed by atoms with Gasteiger partial charge in [0.25, 0.3) is 5.91 Å². The van der Waals surface area contributed by atoms with Gasteiger partial charge in [0.05, 0.1) is 17.1 Å². The van der Waals surface area contributed by atoms with Gasteiger partial charge in [-0.05, 0) is 43.3 Å². The molecule has 0 aliphatic heterocycles. The van der Waals surface area contributed by atoms with Gasteiger partial charge in [0.1, 0.15) is 0 Å². The summed E-state index contributed by atoms with van der Waals surface area (Å²) in [5, 5.41) is 11.8. The van der Waals surface area contributed by atoms with Crippen LogP contribution in [0.3, 0.4) is 0 Å². The van der Waals surface area contributed by atoms with E-state index < -0.39 is 15.9 Å². The molecule has 0 saturated carbocycles. The van der Waals surface area contributed by atoms with Crippen molar-refractivity contribution in [3.63, 3.8) is 0 Å². The van der Waals surface area contributed by atoms with Crippen LogP contribution in [-0.4, -0.2) is 36.4 Å². The molecule has 2 aromatic carbocycles. The SMILES string of the molecule is CNS(=O)(=O)Cc1ccccc1CNC(=O)c1nn(-c2cccc(Cl)c2)nc1C. The summed E-state index contributed by atoms with van der Waals surface area (Å²) in [7, 11) is -2.06. The highest BCUT2D eigenvalue weighted by molar-refractivity contribution is 7.88. The maximum absolute atomic E-state index is 12.6. The van der Waals surface area contributed by atoms with Gasteiger partial charge in [-0.2, -0.15) is 9.90 Å². The van der Waals surface area contributed by atoms with Crippen molar-refractivity contribution in [1.29, 1.82) is 0 Å². The second-order valence-electron chi connectivity index (χ2n) is 6.32. The van der Waals surface area contributed by atoms with E-state index in [1.54, 1.807) is 55.5 Å². The molecule has 0 bridgehead atoms. The molecule has 0 aliphatic carbocycles. The molecule has 3 aromatic rings. The molecule has 3 rings (SSSR count). The number of nitrogens with zero attached hydrogens (tertiary/aromatic N) is 3. The third-order valence-electron chi connectivity index (χ3n) is 4.25. The predicted molar refractivity (Wildman–Crippen MR) is 110 cm³/mol. The van der Waals surface area contributed by atoms with Crippen LogP contribution in [0, 0.1) is 6.92 Å². The summed E-state index contributed by atoms with van der Waals surface area (Å²) >= 11 is 6.00. The smallest absolute Gasteiger partial charge is 0.274 e. The van der Waals surface area contributed by atoms with Gasteiger partial charge in [-0.3, -0.25) is 4.79 Å². The molecular weight excluding hydrogens is 414 g/mol.